The fourth-order valence-electron chi connectivity index (χ4n) is 1.71. The van der Waals surface area contributed by atoms with Gasteiger partial charge in [0.1, 0.15) is 5.82 Å². The first kappa shape index (κ1) is 12.3. The quantitative estimate of drug-likeness (QED) is 0.674. The molecular formula is C12H12BrFN2O. The summed E-state index contributed by atoms with van der Waals surface area (Å²) in [5.41, 5.74) is 4.49. The molecule has 1 atom stereocenters. The maximum absolute atomic E-state index is 13.1. The molecule has 2 rings (SSSR count). The molecule has 0 bridgehead atoms. The molecule has 1 unspecified atom stereocenters. The minimum absolute atomic E-state index is 0.120. The molecule has 5 heteroatoms. The Labute approximate surface area is 107 Å². The number of rotatable bonds is 4. The van der Waals surface area contributed by atoms with Gasteiger partial charge in [0, 0.05) is 5.56 Å². The van der Waals surface area contributed by atoms with Crippen LogP contribution in [-0.2, 0) is 6.42 Å². The lowest BCUT2D eigenvalue weighted by Gasteiger charge is -2.14. The Morgan fingerprint density at radius 3 is 2.82 bits per heavy atom. The molecule has 0 saturated carbocycles. The van der Waals surface area contributed by atoms with E-state index in [0.717, 1.165) is 11.1 Å². The SMILES string of the molecule is NNC(Cc1cccc(F)c1)c1ccoc1Br. The minimum atomic E-state index is -0.246. The average molecular weight is 299 g/mol. The van der Waals surface area contributed by atoms with Crippen LogP contribution in [0.3, 0.4) is 0 Å². The zero-order chi connectivity index (χ0) is 12.3. The van der Waals surface area contributed by atoms with Crippen molar-refractivity contribution in [3.63, 3.8) is 0 Å². The summed E-state index contributed by atoms with van der Waals surface area (Å²) in [6.45, 7) is 0. The summed E-state index contributed by atoms with van der Waals surface area (Å²) >= 11 is 3.30. The Kier molecular flexibility index (Phi) is 3.93. The van der Waals surface area contributed by atoms with Crippen molar-refractivity contribution in [1.29, 1.82) is 0 Å². The van der Waals surface area contributed by atoms with Crippen molar-refractivity contribution < 1.29 is 8.81 Å². The molecule has 1 aromatic carbocycles. The average Bonchev–Trinajstić information content (AvgIpc) is 2.72. The van der Waals surface area contributed by atoms with E-state index in [0.29, 0.717) is 11.1 Å². The first-order chi connectivity index (χ1) is 8.20. The van der Waals surface area contributed by atoms with Crippen LogP contribution in [0.15, 0.2) is 45.7 Å². The van der Waals surface area contributed by atoms with Gasteiger partial charge in [-0.25, -0.2) is 4.39 Å². The number of furan rings is 1. The largest absolute Gasteiger partial charge is 0.457 e. The van der Waals surface area contributed by atoms with Crippen LogP contribution in [0.1, 0.15) is 17.2 Å². The molecule has 3 nitrogen and oxygen atoms in total. The van der Waals surface area contributed by atoms with E-state index in [1.807, 2.05) is 12.1 Å². The lowest BCUT2D eigenvalue weighted by Crippen LogP contribution is -2.29. The summed E-state index contributed by atoms with van der Waals surface area (Å²) in [5, 5.41) is 0. The van der Waals surface area contributed by atoms with Crippen LogP contribution in [0.25, 0.3) is 0 Å². The van der Waals surface area contributed by atoms with Gasteiger partial charge in [-0.15, -0.1) is 0 Å². The highest BCUT2D eigenvalue weighted by Gasteiger charge is 2.16. The van der Waals surface area contributed by atoms with E-state index in [1.165, 1.54) is 12.1 Å². The molecule has 0 aliphatic heterocycles. The van der Waals surface area contributed by atoms with Crippen molar-refractivity contribution in [2.24, 2.45) is 5.84 Å². The van der Waals surface area contributed by atoms with E-state index < -0.39 is 0 Å². The summed E-state index contributed by atoms with van der Waals surface area (Å²) in [6.07, 6.45) is 2.17. The van der Waals surface area contributed by atoms with E-state index in [4.69, 9.17) is 10.3 Å². The Balaban J connectivity index is 2.19. The molecule has 0 fully saturated rings. The second-order valence-corrected chi connectivity index (χ2v) is 4.42. The molecule has 0 spiro atoms. The highest BCUT2D eigenvalue weighted by Crippen LogP contribution is 2.26. The normalized spacial score (nSPS) is 12.6. The second kappa shape index (κ2) is 5.44. The van der Waals surface area contributed by atoms with Crippen LogP contribution >= 0.6 is 15.9 Å². The Bertz CT molecular complexity index is 501. The highest BCUT2D eigenvalue weighted by molar-refractivity contribution is 9.10. The molecule has 90 valence electrons. The van der Waals surface area contributed by atoms with Crippen LogP contribution in [0.4, 0.5) is 4.39 Å². The fourth-order valence-corrected chi connectivity index (χ4v) is 2.23. The maximum Gasteiger partial charge on any atom is 0.173 e. The fraction of sp³-hybridized carbons (Fsp3) is 0.167. The van der Waals surface area contributed by atoms with Crippen LogP contribution in [0.2, 0.25) is 0 Å². The minimum Gasteiger partial charge on any atom is -0.457 e. The standard InChI is InChI=1S/C12H12BrFN2O/c13-12-10(4-5-17-12)11(16-15)7-8-2-1-3-9(14)6-8/h1-6,11,16H,7,15H2. The van der Waals surface area contributed by atoms with Crippen LogP contribution in [0.5, 0.6) is 0 Å². The number of benzene rings is 1. The van der Waals surface area contributed by atoms with Crippen molar-refractivity contribution >= 4 is 15.9 Å². The smallest absolute Gasteiger partial charge is 0.173 e. The summed E-state index contributed by atoms with van der Waals surface area (Å²) in [6, 6.07) is 8.17. The first-order valence-electron chi connectivity index (χ1n) is 5.14. The van der Waals surface area contributed by atoms with Crippen molar-refractivity contribution in [3.05, 3.63) is 58.2 Å². The van der Waals surface area contributed by atoms with Crippen LogP contribution in [0, 0.1) is 5.82 Å². The predicted molar refractivity (Wildman–Crippen MR) is 66.6 cm³/mol. The summed E-state index contributed by atoms with van der Waals surface area (Å²) in [4.78, 5) is 0. The number of hydrazine groups is 1. The monoisotopic (exact) mass is 298 g/mol. The zero-order valence-corrected chi connectivity index (χ0v) is 10.6. The van der Waals surface area contributed by atoms with Crippen LogP contribution in [-0.4, -0.2) is 0 Å². The van der Waals surface area contributed by atoms with E-state index in [1.54, 1.807) is 12.3 Å². The van der Waals surface area contributed by atoms with Gasteiger partial charge in [0.2, 0.25) is 0 Å². The van der Waals surface area contributed by atoms with Crippen molar-refractivity contribution in [1.82, 2.24) is 5.43 Å². The topological polar surface area (TPSA) is 51.2 Å². The van der Waals surface area contributed by atoms with Gasteiger partial charge in [-0.1, -0.05) is 12.1 Å². The number of hydrogen-bond donors (Lipinski definition) is 2. The molecule has 0 amide bonds. The van der Waals surface area contributed by atoms with Gasteiger partial charge in [-0.3, -0.25) is 11.3 Å². The van der Waals surface area contributed by atoms with Crippen molar-refractivity contribution in [2.45, 2.75) is 12.5 Å². The van der Waals surface area contributed by atoms with E-state index >= 15 is 0 Å². The number of hydrogen-bond acceptors (Lipinski definition) is 3. The summed E-state index contributed by atoms with van der Waals surface area (Å²) in [5.74, 6) is 5.27. The molecule has 0 aliphatic rings. The molecule has 3 N–H and O–H groups in total. The predicted octanol–water partition coefficient (Wildman–Crippen LogP) is 2.93. The third-order valence-corrected chi connectivity index (χ3v) is 3.20. The van der Waals surface area contributed by atoms with Gasteiger partial charge in [-0.2, -0.15) is 0 Å². The molecule has 1 heterocycles. The van der Waals surface area contributed by atoms with Gasteiger partial charge in [-0.05, 0) is 46.1 Å². The zero-order valence-electron chi connectivity index (χ0n) is 8.99. The molecule has 2 aromatic rings. The van der Waals surface area contributed by atoms with E-state index in [2.05, 4.69) is 21.4 Å². The third kappa shape index (κ3) is 2.94. The lowest BCUT2D eigenvalue weighted by atomic mass is 10.0. The summed E-state index contributed by atoms with van der Waals surface area (Å²) < 4.78 is 18.9. The molecule has 0 radical (unpaired) electrons. The van der Waals surface area contributed by atoms with Crippen molar-refractivity contribution in [2.75, 3.05) is 0 Å². The molecule has 0 saturated heterocycles. The Hall–Kier alpha value is -1.17. The Morgan fingerprint density at radius 2 is 2.24 bits per heavy atom. The van der Waals surface area contributed by atoms with Crippen LogP contribution < -0.4 is 11.3 Å². The van der Waals surface area contributed by atoms with E-state index in [9.17, 15) is 4.39 Å². The number of halogens is 2. The number of nitrogens with two attached hydrogens (primary N) is 1. The second-order valence-electron chi connectivity index (χ2n) is 3.70. The number of nitrogens with one attached hydrogen (secondary N) is 1. The summed E-state index contributed by atoms with van der Waals surface area (Å²) in [7, 11) is 0. The van der Waals surface area contributed by atoms with Gasteiger partial charge >= 0.3 is 0 Å². The maximum atomic E-state index is 13.1. The lowest BCUT2D eigenvalue weighted by molar-refractivity contribution is 0.506. The molecule has 0 aliphatic carbocycles. The van der Waals surface area contributed by atoms with Gasteiger partial charge in [0.25, 0.3) is 0 Å². The molecule has 17 heavy (non-hydrogen) atoms. The molecule has 1 aromatic heterocycles. The highest BCUT2D eigenvalue weighted by atomic mass is 79.9. The third-order valence-electron chi connectivity index (χ3n) is 2.55. The van der Waals surface area contributed by atoms with Crippen molar-refractivity contribution in [3.8, 4) is 0 Å². The van der Waals surface area contributed by atoms with Gasteiger partial charge in [0.05, 0.1) is 12.3 Å². The van der Waals surface area contributed by atoms with Gasteiger partial charge in [0.15, 0.2) is 4.67 Å². The van der Waals surface area contributed by atoms with E-state index in [-0.39, 0.29) is 11.9 Å². The Morgan fingerprint density at radius 1 is 1.41 bits per heavy atom. The van der Waals surface area contributed by atoms with Gasteiger partial charge < -0.3 is 4.42 Å². The first-order valence-corrected chi connectivity index (χ1v) is 5.93. The molecular weight excluding hydrogens is 287 g/mol.